The summed E-state index contributed by atoms with van der Waals surface area (Å²) >= 11 is 3.29. The summed E-state index contributed by atoms with van der Waals surface area (Å²) < 4.78 is 15.4. The zero-order valence-corrected chi connectivity index (χ0v) is 18.5. The van der Waals surface area contributed by atoms with Crippen LogP contribution in [0, 0.1) is 11.2 Å². The highest BCUT2D eigenvalue weighted by atomic mass is 79.9. The molecule has 2 N–H and O–H groups in total. The third-order valence-corrected chi connectivity index (χ3v) is 5.04. The molecule has 0 unspecified atom stereocenters. The molecule has 0 aliphatic heterocycles. The summed E-state index contributed by atoms with van der Waals surface area (Å²) in [6.45, 7) is 0. The van der Waals surface area contributed by atoms with E-state index < -0.39 is 17.5 Å². The minimum atomic E-state index is -0.699. The lowest BCUT2D eigenvalue weighted by Crippen LogP contribution is -2.22. The van der Waals surface area contributed by atoms with Crippen molar-refractivity contribution >= 4 is 39.3 Å². The van der Waals surface area contributed by atoms with Crippen LogP contribution in [0.5, 0.6) is 0 Å². The van der Waals surface area contributed by atoms with E-state index in [0.717, 1.165) is 4.47 Å². The monoisotopic (exact) mass is 482 g/mol. The first kappa shape index (κ1) is 22.3. The number of halogens is 2. The van der Waals surface area contributed by atoms with Crippen LogP contribution in [0.3, 0.4) is 0 Å². The van der Waals surface area contributed by atoms with Crippen LogP contribution >= 0.6 is 15.9 Å². The number of hydrogen-bond donors (Lipinski definition) is 2. The number of nitrogens with zero attached hydrogens (tertiary/aromatic N) is 2. The molecule has 2 aromatic carbocycles. The molecule has 0 atom stereocenters. The first-order valence-electron chi connectivity index (χ1n) is 9.36. The Hall–Kier alpha value is -3.39. The molecule has 1 amide bonds. The molecule has 8 heteroatoms. The zero-order valence-electron chi connectivity index (χ0n) is 16.9. The summed E-state index contributed by atoms with van der Waals surface area (Å²) in [5.41, 5.74) is 1.08. The maximum Gasteiger partial charge on any atom is 0.257 e. The van der Waals surface area contributed by atoms with Crippen LogP contribution in [0.15, 0.2) is 65.3 Å². The molecule has 6 nitrogen and oxygen atoms in total. The van der Waals surface area contributed by atoms with Crippen molar-refractivity contribution < 1.29 is 14.0 Å². The SMILES string of the molecule is CN(C)C(=N)c1ccc(C(=O)Cc2ccccc2C(=O)Nc2ccc(Br)cn2)c(F)c1. The topological polar surface area (TPSA) is 86.2 Å². The fourth-order valence-electron chi connectivity index (χ4n) is 2.94. The number of benzene rings is 2. The molecule has 1 heterocycles. The number of amides is 1. The number of Topliss-reactive ketones (excluding diaryl/α,β-unsaturated/α-hetero) is 1. The second-order valence-electron chi connectivity index (χ2n) is 7.01. The first-order valence-corrected chi connectivity index (χ1v) is 10.2. The van der Waals surface area contributed by atoms with E-state index in [1.165, 1.54) is 18.2 Å². The van der Waals surface area contributed by atoms with Crippen LogP contribution in [0.2, 0.25) is 0 Å². The van der Waals surface area contributed by atoms with Crippen LogP contribution in [-0.4, -0.2) is 41.5 Å². The van der Waals surface area contributed by atoms with E-state index in [2.05, 4.69) is 26.2 Å². The molecule has 0 bridgehead atoms. The van der Waals surface area contributed by atoms with Gasteiger partial charge in [-0.25, -0.2) is 9.37 Å². The summed E-state index contributed by atoms with van der Waals surface area (Å²) in [5, 5.41) is 10.6. The van der Waals surface area contributed by atoms with Crippen LogP contribution in [0.4, 0.5) is 10.2 Å². The summed E-state index contributed by atoms with van der Waals surface area (Å²) in [4.78, 5) is 31.1. The quantitative estimate of drug-likeness (QED) is 0.306. The van der Waals surface area contributed by atoms with E-state index in [0.29, 0.717) is 22.5 Å². The average molecular weight is 483 g/mol. The van der Waals surface area contributed by atoms with Gasteiger partial charge in [0.25, 0.3) is 5.91 Å². The van der Waals surface area contributed by atoms with Gasteiger partial charge < -0.3 is 10.2 Å². The van der Waals surface area contributed by atoms with Gasteiger partial charge >= 0.3 is 0 Å². The van der Waals surface area contributed by atoms with E-state index in [9.17, 15) is 14.0 Å². The number of carbonyl (C=O) groups is 2. The Morgan fingerprint density at radius 2 is 1.84 bits per heavy atom. The number of anilines is 1. The number of pyridine rings is 1. The minimum Gasteiger partial charge on any atom is -0.363 e. The summed E-state index contributed by atoms with van der Waals surface area (Å²) in [7, 11) is 3.37. The summed E-state index contributed by atoms with van der Waals surface area (Å²) in [6, 6.07) is 14.2. The van der Waals surface area contributed by atoms with Crippen LogP contribution in [0.1, 0.15) is 31.8 Å². The number of hydrogen-bond acceptors (Lipinski definition) is 4. The standard InChI is InChI=1S/C23H20BrFN4O2/c1-29(2)22(26)15-7-9-18(19(25)11-15)20(30)12-14-5-3-4-6-17(14)23(31)28-21-10-8-16(24)13-27-21/h3-11,13,26H,12H2,1-2H3,(H,27,28,31). The van der Waals surface area contributed by atoms with Crippen LogP contribution in [-0.2, 0) is 6.42 Å². The molecular weight excluding hydrogens is 463 g/mol. The van der Waals surface area contributed by atoms with Gasteiger partial charge in [-0.05, 0) is 51.8 Å². The Bertz CT molecular complexity index is 1150. The van der Waals surface area contributed by atoms with Gasteiger partial charge in [-0.2, -0.15) is 0 Å². The van der Waals surface area contributed by atoms with E-state index >= 15 is 0 Å². The molecule has 0 fully saturated rings. The smallest absolute Gasteiger partial charge is 0.257 e. The highest BCUT2D eigenvalue weighted by molar-refractivity contribution is 9.10. The molecule has 0 saturated heterocycles. The molecular formula is C23H20BrFN4O2. The van der Waals surface area contributed by atoms with Gasteiger partial charge in [-0.15, -0.1) is 0 Å². The third kappa shape index (κ3) is 5.40. The van der Waals surface area contributed by atoms with Crippen molar-refractivity contribution in [3.63, 3.8) is 0 Å². The third-order valence-electron chi connectivity index (χ3n) is 4.57. The molecule has 0 saturated carbocycles. The van der Waals surface area contributed by atoms with Crippen LogP contribution < -0.4 is 5.32 Å². The van der Waals surface area contributed by atoms with Crippen molar-refractivity contribution in [2.24, 2.45) is 0 Å². The van der Waals surface area contributed by atoms with Gasteiger partial charge in [0.1, 0.15) is 17.5 Å². The van der Waals surface area contributed by atoms with Gasteiger partial charge in [0.15, 0.2) is 5.78 Å². The van der Waals surface area contributed by atoms with E-state index in [-0.39, 0.29) is 17.8 Å². The Balaban J connectivity index is 1.80. The van der Waals surface area contributed by atoms with Crippen molar-refractivity contribution in [3.8, 4) is 0 Å². The number of carbonyl (C=O) groups excluding carboxylic acids is 2. The minimum absolute atomic E-state index is 0.0832. The molecule has 3 aromatic rings. The van der Waals surface area contributed by atoms with E-state index in [1.54, 1.807) is 61.6 Å². The maximum atomic E-state index is 14.6. The van der Waals surface area contributed by atoms with Gasteiger partial charge in [-0.1, -0.05) is 24.3 Å². The predicted octanol–water partition coefficient (Wildman–Crippen LogP) is 4.55. The maximum absolute atomic E-state index is 14.6. The zero-order chi connectivity index (χ0) is 22.5. The van der Waals surface area contributed by atoms with Crippen LogP contribution in [0.25, 0.3) is 0 Å². The number of nitrogens with one attached hydrogen (secondary N) is 2. The molecule has 1 aromatic heterocycles. The summed E-state index contributed by atoms with van der Waals surface area (Å²) in [6.07, 6.45) is 1.42. The van der Waals surface area contributed by atoms with Crippen molar-refractivity contribution in [3.05, 3.63) is 93.3 Å². The van der Waals surface area contributed by atoms with Crippen molar-refractivity contribution in [2.45, 2.75) is 6.42 Å². The number of aromatic nitrogens is 1. The molecule has 31 heavy (non-hydrogen) atoms. The lowest BCUT2D eigenvalue weighted by molar-refractivity contribution is 0.0988. The number of ketones is 1. The normalized spacial score (nSPS) is 10.5. The predicted molar refractivity (Wildman–Crippen MR) is 121 cm³/mol. The molecule has 158 valence electrons. The number of amidine groups is 1. The molecule has 3 rings (SSSR count). The highest BCUT2D eigenvalue weighted by Crippen LogP contribution is 2.18. The van der Waals surface area contributed by atoms with Gasteiger partial charge in [0, 0.05) is 42.3 Å². The van der Waals surface area contributed by atoms with E-state index in [4.69, 9.17) is 5.41 Å². The highest BCUT2D eigenvalue weighted by Gasteiger charge is 2.18. The Morgan fingerprint density at radius 1 is 1.10 bits per heavy atom. The van der Waals surface area contributed by atoms with Crippen molar-refractivity contribution in [1.82, 2.24) is 9.88 Å². The van der Waals surface area contributed by atoms with Crippen molar-refractivity contribution in [2.75, 3.05) is 19.4 Å². The largest absolute Gasteiger partial charge is 0.363 e. The fourth-order valence-corrected chi connectivity index (χ4v) is 3.18. The molecule has 0 spiro atoms. The second-order valence-corrected chi connectivity index (χ2v) is 7.93. The Kier molecular flexibility index (Phi) is 6.91. The first-order chi connectivity index (χ1) is 14.8. The molecule has 0 radical (unpaired) electrons. The van der Waals surface area contributed by atoms with Gasteiger partial charge in [0.2, 0.25) is 0 Å². The molecule has 0 aliphatic rings. The molecule has 0 aliphatic carbocycles. The Labute approximate surface area is 187 Å². The average Bonchev–Trinajstić information content (AvgIpc) is 2.74. The Morgan fingerprint density at radius 3 is 2.48 bits per heavy atom. The lowest BCUT2D eigenvalue weighted by Gasteiger charge is -2.14. The second kappa shape index (κ2) is 9.61. The van der Waals surface area contributed by atoms with E-state index in [1.807, 2.05) is 0 Å². The number of rotatable bonds is 6. The van der Waals surface area contributed by atoms with Crippen molar-refractivity contribution in [1.29, 1.82) is 5.41 Å². The summed E-state index contributed by atoms with van der Waals surface area (Å²) in [5.74, 6) is -1.05. The fraction of sp³-hybridized carbons (Fsp3) is 0.130. The lowest BCUT2D eigenvalue weighted by atomic mass is 9.97. The van der Waals surface area contributed by atoms with Gasteiger partial charge in [-0.3, -0.25) is 15.0 Å². The van der Waals surface area contributed by atoms with Gasteiger partial charge in [0.05, 0.1) is 5.56 Å².